The van der Waals surface area contributed by atoms with E-state index in [9.17, 15) is 14.4 Å². The zero-order chi connectivity index (χ0) is 21.5. The number of likely N-dealkylation sites (tertiary alicyclic amines) is 2. The lowest BCUT2D eigenvalue weighted by Crippen LogP contribution is -2.47. The van der Waals surface area contributed by atoms with Gasteiger partial charge in [-0.15, -0.1) is 0 Å². The molecule has 2 heterocycles. The van der Waals surface area contributed by atoms with Gasteiger partial charge >= 0.3 is 0 Å². The van der Waals surface area contributed by atoms with Gasteiger partial charge in [0.1, 0.15) is 5.75 Å². The molecule has 1 atom stereocenters. The molecule has 1 N–H and O–H groups in total. The number of benzene rings is 1. The van der Waals surface area contributed by atoms with Gasteiger partial charge in [0.15, 0.2) is 0 Å². The molecule has 0 aliphatic carbocycles. The Morgan fingerprint density at radius 3 is 2.83 bits per heavy atom. The van der Waals surface area contributed by atoms with Crippen molar-refractivity contribution in [1.82, 2.24) is 9.80 Å². The monoisotopic (exact) mass is 435 g/mol. The van der Waals surface area contributed by atoms with Crippen LogP contribution in [0.1, 0.15) is 44.9 Å². The van der Waals surface area contributed by atoms with E-state index in [0.29, 0.717) is 48.8 Å². The number of hydrogen-bond acceptors (Lipinski definition) is 4. The predicted molar refractivity (Wildman–Crippen MR) is 116 cm³/mol. The molecule has 1 aromatic rings. The van der Waals surface area contributed by atoms with E-state index in [1.165, 1.54) is 0 Å². The Bertz CT molecular complexity index is 786. The lowest BCUT2D eigenvalue weighted by molar-refractivity contribution is -0.142. The van der Waals surface area contributed by atoms with E-state index in [-0.39, 0.29) is 30.2 Å². The maximum atomic E-state index is 12.7. The maximum Gasteiger partial charge on any atom is 0.242 e. The summed E-state index contributed by atoms with van der Waals surface area (Å²) in [4.78, 5) is 40.6. The minimum Gasteiger partial charge on any atom is -0.495 e. The number of anilines is 1. The minimum atomic E-state index is -0.0991. The van der Waals surface area contributed by atoms with Crippen LogP contribution in [0, 0.1) is 5.92 Å². The van der Waals surface area contributed by atoms with Gasteiger partial charge in [-0.1, -0.05) is 11.6 Å². The number of halogens is 1. The van der Waals surface area contributed by atoms with Crippen molar-refractivity contribution in [1.29, 1.82) is 0 Å². The van der Waals surface area contributed by atoms with Crippen LogP contribution in [0.25, 0.3) is 0 Å². The van der Waals surface area contributed by atoms with Gasteiger partial charge in [-0.05, 0) is 56.2 Å². The summed E-state index contributed by atoms with van der Waals surface area (Å²) in [5.74, 6) is 0.846. The van der Waals surface area contributed by atoms with Gasteiger partial charge in [0.05, 0.1) is 19.3 Å². The summed E-state index contributed by atoms with van der Waals surface area (Å²) in [6, 6.07) is 5.10. The van der Waals surface area contributed by atoms with E-state index < -0.39 is 0 Å². The third kappa shape index (κ3) is 6.11. The van der Waals surface area contributed by atoms with E-state index in [4.69, 9.17) is 16.3 Å². The van der Waals surface area contributed by atoms with Crippen LogP contribution in [0.2, 0.25) is 5.02 Å². The number of methoxy groups -OCH3 is 1. The minimum absolute atomic E-state index is 0.0167. The molecule has 0 aromatic heterocycles. The lowest BCUT2D eigenvalue weighted by atomic mass is 9.93. The highest BCUT2D eigenvalue weighted by molar-refractivity contribution is 6.31. The number of carbonyl (C=O) groups is 3. The molecule has 2 aliphatic rings. The first-order valence-corrected chi connectivity index (χ1v) is 11.0. The number of amides is 3. The molecule has 2 saturated heterocycles. The van der Waals surface area contributed by atoms with Crippen molar-refractivity contribution >= 4 is 35.0 Å². The van der Waals surface area contributed by atoms with Crippen molar-refractivity contribution in [3.05, 3.63) is 23.2 Å². The highest BCUT2D eigenvalue weighted by Gasteiger charge is 2.27. The molecule has 8 heteroatoms. The van der Waals surface area contributed by atoms with Gasteiger partial charge in [-0.2, -0.15) is 0 Å². The number of nitrogens with zero attached hydrogens (tertiary/aromatic N) is 2. The van der Waals surface area contributed by atoms with Crippen LogP contribution in [-0.4, -0.2) is 60.8 Å². The van der Waals surface area contributed by atoms with Gasteiger partial charge < -0.3 is 19.9 Å². The number of rotatable bonds is 7. The number of piperidine rings is 2. The topological polar surface area (TPSA) is 79.0 Å². The van der Waals surface area contributed by atoms with E-state index in [2.05, 4.69) is 5.32 Å². The first-order valence-electron chi connectivity index (χ1n) is 10.6. The quantitative estimate of drug-likeness (QED) is 0.712. The average Bonchev–Trinajstić information content (AvgIpc) is 2.74. The first kappa shape index (κ1) is 22.4. The summed E-state index contributed by atoms with van der Waals surface area (Å²) < 4.78 is 5.26. The Hall–Kier alpha value is -2.28. The van der Waals surface area contributed by atoms with Crippen LogP contribution < -0.4 is 10.1 Å². The lowest BCUT2D eigenvalue weighted by Gasteiger charge is -2.35. The van der Waals surface area contributed by atoms with Gasteiger partial charge in [-0.25, -0.2) is 0 Å². The molecule has 1 aromatic carbocycles. The summed E-state index contributed by atoms with van der Waals surface area (Å²) in [5.41, 5.74) is 0.557. The fourth-order valence-corrected chi connectivity index (χ4v) is 4.32. The summed E-state index contributed by atoms with van der Waals surface area (Å²) in [7, 11) is 1.55. The molecule has 2 aliphatic heterocycles. The van der Waals surface area contributed by atoms with Crippen LogP contribution in [0.4, 0.5) is 5.69 Å². The molecule has 0 spiro atoms. The summed E-state index contributed by atoms with van der Waals surface area (Å²) in [6.07, 6.45) is 5.43. The summed E-state index contributed by atoms with van der Waals surface area (Å²) >= 11 is 6.01. The smallest absolute Gasteiger partial charge is 0.242 e. The Balaban J connectivity index is 1.46. The molecular weight excluding hydrogens is 406 g/mol. The number of ether oxygens (including phenoxy) is 1. The third-order valence-electron chi connectivity index (χ3n) is 5.83. The second-order valence-corrected chi connectivity index (χ2v) is 8.49. The standard InChI is InChI=1S/C22H30ClN3O4/c1-30-19-9-8-17(23)13-18(19)24-20(27)10-7-16-5-4-12-25(14-16)22(29)15-26-11-3-2-6-21(26)28/h8-9,13,16H,2-7,10-12,14-15H2,1H3,(H,24,27)/t16-/m1/s1. The molecule has 0 radical (unpaired) electrons. The predicted octanol–water partition coefficient (Wildman–Crippen LogP) is 3.32. The Labute approximate surface area is 182 Å². The van der Waals surface area contributed by atoms with Crippen LogP contribution in [0.3, 0.4) is 0 Å². The number of hydrogen-bond donors (Lipinski definition) is 1. The summed E-state index contributed by atoms with van der Waals surface area (Å²) in [5, 5.41) is 3.39. The van der Waals surface area contributed by atoms with Crippen molar-refractivity contribution in [2.24, 2.45) is 5.92 Å². The highest BCUT2D eigenvalue weighted by atomic mass is 35.5. The highest BCUT2D eigenvalue weighted by Crippen LogP contribution is 2.28. The molecule has 30 heavy (non-hydrogen) atoms. The second kappa shape index (κ2) is 10.7. The van der Waals surface area contributed by atoms with Crippen molar-refractivity contribution < 1.29 is 19.1 Å². The molecule has 0 unspecified atom stereocenters. The molecule has 0 bridgehead atoms. The van der Waals surface area contributed by atoms with Crippen molar-refractivity contribution in [2.75, 3.05) is 38.6 Å². The fraction of sp³-hybridized carbons (Fsp3) is 0.591. The largest absolute Gasteiger partial charge is 0.495 e. The van der Waals surface area contributed by atoms with Crippen LogP contribution in [-0.2, 0) is 14.4 Å². The van der Waals surface area contributed by atoms with Crippen LogP contribution >= 0.6 is 11.6 Å². The first-order chi connectivity index (χ1) is 14.5. The maximum absolute atomic E-state index is 12.7. The summed E-state index contributed by atoms with van der Waals surface area (Å²) in [6.45, 7) is 2.23. The second-order valence-electron chi connectivity index (χ2n) is 8.05. The van der Waals surface area contributed by atoms with Gasteiger partial charge in [0.2, 0.25) is 17.7 Å². The molecule has 7 nitrogen and oxygen atoms in total. The van der Waals surface area contributed by atoms with Gasteiger partial charge in [0.25, 0.3) is 0 Å². The zero-order valence-corrected chi connectivity index (χ0v) is 18.2. The molecule has 0 saturated carbocycles. The average molecular weight is 436 g/mol. The molecular formula is C22H30ClN3O4. The van der Waals surface area contributed by atoms with Crippen molar-refractivity contribution in [2.45, 2.75) is 44.9 Å². The third-order valence-corrected chi connectivity index (χ3v) is 6.07. The van der Waals surface area contributed by atoms with E-state index >= 15 is 0 Å². The molecule has 3 rings (SSSR count). The van der Waals surface area contributed by atoms with Gasteiger partial charge in [0, 0.05) is 37.5 Å². The fourth-order valence-electron chi connectivity index (χ4n) is 4.15. The Morgan fingerprint density at radius 2 is 2.07 bits per heavy atom. The SMILES string of the molecule is COc1ccc(Cl)cc1NC(=O)CC[C@H]1CCCN(C(=O)CN2CCCCC2=O)C1. The Morgan fingerprint density at radius 1 is 1.23 bits per heavy atom. The molecule has 2 fully saturated rings. The number of carbonyl (C=O) groups excluding carboxylic acids is 3. The van der Waals surface area contributed by atoms with E-state index in [0.717, 1.165) is 32.2 Å². The molecule has 164 valence electrons. The van der Waals surface area contributed by atoms with Gasteiger partial charge in [-0.3, -0.25) is 14.4 Å². The van der Waals surface area contributed by atoms with Crippen LogP contribution in [0.5, 0.6) is 5.75 Å². The van der Waals surface area contributed by atoms with E-state index in [1.807, 2.05) is 4.90 Å². The van der Waals surface area contributed by atoms with E-state index in [1.54, 1.807) is 30.2 Å². The zero-order valence-electron chi connectivity index (χ0n) is 17.5. The molecule has 3 amide bonds. The Kier molecular flexibility index (Phi) is 7.96. The normalized spacial score (nSPS) is 19.5. The van der Waals surface area contributed by atoms with Crippen molar-refractivity contribution in [3.8, 4) is 5.75 Å². The van der Waals surface area contributed by atoms with Crippen molar-refractivity contribution in [3.63, 3.8) is 0 Å². The number of nitrogens with one attached hydrogen (secondary N) is 1. The van der Waals surface area contributed by atoms with Crippen LogP contribution in [0.15, 0.2) is 18.2 Å².